The van der Waals surface area contributed by atoms with Gasteiger partial charge in [-0.15, -0.1) is 0 Å². The highest BCUT2D eigenvalue weighted by molar-refractivity contribution is 5.73. The van der Waals surface area contributed by atoms with Crippen molar-refractivity contribution in [1.82, 2.24) is 19.8 Å². The molecule has 0 fully saturated rings. The van der Waals surface area contributed by atoms with E-state index < -0.39 is 18.6 Å². The number of nitrogens with zero attached hydrogens (tertiary/aromatic N) is 3. The fourth-order valence-corrected chi connectivity index (χ4v) is 1.91. The third-order valence-corrected chi connectivity index (χ3v) is 3.26. The van der Waals surface area contributed by atoms with E-state index in [-0.39, 0.29) is 13.1 Å². The molecule has 1 heterocycles. The predicted octanol–water partition coefficient (Wildman–Crippen LogP) is 2.97. The fourth-order valence-electron chi connectivity index (χ4n) is 1.91. The van der Waals surface area contributed by atoms with Crippen molar-refractivity contribution < 1.29 is 18.0 Å². The van der Waals surface area contributed by atoms with Gasteiger partial charge in [-0.2, -0.15) is 13.2 Å². The number of halogens is 3. The number of nitrogens with one attached hydrogen (secondary N) is 1. The van der Waals surface area contributed by atoms with Crippen LogP contribution >= 0.6 is 0 Å². The second-order valence-electron chi connectivity index (χ2n) is 5.08. The molecule has 0 spiro atoms. The van der Waals surface area contributed by atoms with E-state index in [0.717, 1.165) is 16.2 Å². The highest BCUT2D eigenvalue weighted by Gasteiger charge is 2.27. The van der Waals surface area contributed by atoms with E-state index in [2.05, 4.69) is 10.3 Å². The number of imidazole rings is 1. The maximum absolute atomic E-state index is 12.1. The van der Waals surface area contributed by atoms with Crippen molar-refractivity contribution in [3.8, 4) is 5.69 Å². The minimum Gasteiger partial charge on any atom is -0.334 e. The summed E-state index contributed by atoms with van der Waals surface area (Å²) in [5, 5.41) is 2.59. The molecule has 8 heteroatoms. The Labute approximate surface area is 131 Å². The van der Waals surface area contributed by atoms with Crippen molar-refractivity contribution >= 4 is 6.03 Å². The fraction of sp³-hybridized carbons (Fsp3) is 0.333. The lowest BCUT2D eigenvalue weighted by Gasteiger charge is -2.18. The van der Waals surface area contributed by atoms with Gasteiger partial charge >= 0.3 is 12.2 Å². The van der Waals surface area contributed by atoms with Crippen LogP contribution in [0.2, 0.25) is 0 Å². The summed E-state index contributed by atoms with van der Waals surface area (Å²) in [4.78, 5) is 16.7. The molecule has 0 saturated heterocycles. The summed E-state index contributed by atoms with van der Waals surface area (Å²) in [7, 11) is 1.34. The zero-order chi connectivity index (χ0) is 16.9. The molecule has 2 rings (SSSR count). The normalized spacial score (nSPS) is 11.3. The van der Waals surface area contributed by atoms with E-state index in [4.69, 9.17) is 0 Å². The number of alkyl halides is 3. The Bertz CT molecular complexity index is 623. The molecule has 2 amide bonds. The minimum absolute atomic E-state index is 0.249. The zero-order valence-electron chi connectivity index (χ0n) is 12.5. The van der Waals surface area contributed by atoms with Crippen LogP contribution in [0.5, 0.6) is 0 Å². The van der Waals surface area contributed by atoms with Crippen molar-refractivity contribution in [2.75, 3.05) is 13.6 Å². The quantitative estimate of drug-likeness (QED) is 0.918. The standard InChI is InChI=1S/C15H17F3N4O/c1-21(8-6-15(16,17)18)14(23)20-10-12-2-4-13(5-3-12)22-9-7-19-11-22/h2-5,7,9,11H,6,8,10H2,1H3,(H,20,23). The maximum atomic E-state index is 12.1. The van der Waals surface area contributed by atoms with Gasteiger partial charge in [-0.05, 0) is 17.7 Å². The first-order chi connectivity index (χ1) is 10.8. The summed E-state index contributed by atoms with van der Waals surface area (Å²) < 4.78 is 38.2. The van der Waals surface area contributed by atoms with Crippen molar-refractivity contribution in [2.45, 2.75) is 19.1 Å². The third kappa shape index (κ3) is 5.32. The largest absolute Gasteiger partial charge is 0.390 e. The van der Waals surface area contributed by atoms with E-state index in [1.54, 1.807) is 12.5 Å². The molecule has 0 radical (unpaired) electrons. The summed E-state index contributed by atoms with van der Waals surface area (Å²) in [5.74, 6) is 0. The third-order valence-electron chi connectivity index (χ3n) is 3.26. The molecule has 23 heavy (non-hydrogen) atoms. The monoisotopic (exact) mass is 326 g/mol. The molecule has 2 aromatic rings. The molecule has 0 aliphatic rings. The van der Waals surface area contributed by atoms with Crippen molar-refractivity contribution in [3.63, 3.8) is 0 Å². The molecule has 0 saturated carbocycles. The Morgan fingerprint density at radius 1 is 1.30 bits per heavy atom. The van der Waals surface area contributed by atoms with Crippen molar-refractivity contribution in [2.24, 2.45) is 0 Å². The Morgan fingerprint density at radius 3 is 2.57 bits per heavy atom. The van der Waals surface area contributed by atoms with Gasteiger partial charge < -0.3 is 14.8 Å². The van der Waals surface area contributed by atoms with Gasteiger partial charge in [0.25, 0.3) is 0 Å². The number of amides is 2. The van der Waals surface area contributed by atoms with Gasteiger partial charge in [-0.25, -0.2) is 9.78 Å². The van der Waals surface area contributed by atoms with E-state index in [1.165, 1.54) is 7.05 Å². The van der Waals surface area contributed by atoms with Crippen molar-refractivity contribution in [3.05, 3.63) is 48.5 Å². The summed E-state index contributed by atoms with van der Waals surface area (Å²) >= 11 is 0. The Hall–Kier alpha value is -2.51. The Balaban J connectivity index is 1.82. The highest BCUT2D eigenvalue weighted by Crippen LogP contribution is 2.19. The lowest BCUT2D eigenvalue weighted by molar-refractivity contribution is -0.136. The van der Waals surface area contributed by atoms with Crippen LogP contribution in [0, 0.1) is 0 Å². The molecule has 0 aliphatic heterocycles. The molecule has 1 aromatic carbocycles. The molecule has 1 aromatic heterocycles. The Morgan fingerprint density at radius 2 is 2.00 bits per heavy atom. The van der Waals surface area contributed by atoms with E-state index in [9.17, 15) is 18.0 Å². The lowest BCUT2D eigenvalue weighted by atomic mass is 10.2. The summed E-state index contributed by atoms with van der Waals surface area (Å²) in [6.07, 6.45) is -0.127. The van der Waals surface area contributed by atoms with Crippen LogP contribution in [0.1, 0.15) is 12.0 Å². The minimum atomic E-state index is -4.27. The summed E-state index contributed by atoms with van der Waals surface area (Å²) in [6, 6.07) is 6.89. The first-order valence-corrected chi connectivity index (χ1v) is 6.98. The number of benzene rings is 1. The summed E-state index contributed by atoms with van der Waals surface area (Å²) in [6.45, 7) is -0.117. The smallest absolute Gasteiger partial charge is 0.334 e. The first-order valence-electron chi connectivity index (χ1n) is 6.98. The molecule has 124 valence electrons. The average molecular weight is 326 g/mol. The van der Waals surface area contributed by atoms with Gasteiger partial charge in [0.2, 0.25) is 0 Å². The highest BCUT2D eigenvalue weighted by atomic mass is 19.4. The summed E-state index contributed by atoms with van der Waals surface area (Å²) in [5.41, 5.74) is 1.78. The molecule has 0 bridgehead atoms. The molecule has 0 aliphatic carbocycles. The number of hydrogen-bond donors (Lipinski definition) is 1. The van der Waals surface area contributed by atoms with Gasteiger partial charge in [0.15, 0.2) is 0 Å². The van der Waals surface area contributed by atoms with Crippen LogP contribution in [0.3, 0.4) is 0 Å². The average Bonchev–Trinajstić information content (AvgIpc) is 3.04. The SMILES string of the molecule is CN(CCC(F)(F)F)C(=O)NCc1ccc(-n2ccnc2)cc1. The molecular weight excluding hydrogens is 309 g/mol. The predicted molar refractivity (Wildman–Crippen MR) is 79.1 cm³/mol. The molecular formula is C15H17F3N4O. The molecule has 0 unspecified atom stereocenters. The molecule has 0 atom stereocenters. The number of carbonyl (C=O) groups is 1. The van der Waals surface area contributed by atoms with Crippen LogP contribution < -0.4 is 5.32 Å². The first kappa shape index (κ1) is 16.9. The van der Waals surface area contributed by atoms with Crippen LogP contribution in [0.25, 0.3) is 5.69 Å². The number of hydrogen-bond acceptors (Lipinski definition) is 2. The van der Waals surface area contributed by atoms with Gasteiger partial charge in [0, 0.05) is 38.2 Å². The van der Waals surface area contributed by atoms with Gasteiger partial charge in [0.05, 0.1) is 12.7 Å². The second kappa shape index (κ2) is 7.17. The van der Waals surface area contributed by atoms with Crippen LogP contribution in [0.4, 0.5) is 18.0 Å². The number of urea groups is 1. The van der Waals surface area contributed by atoms with E-state index in [1.807, 2.05) is 35.0 Å². The van der Waals surface area contributed by atoms with E-state index in [0.29, 0.717) is 0 Å². The number of carbonyl (C=O) groups excluding carboxylic acids is 1. The van der Waals surface area contributed by atoms with Crippen molar-refractivity contribution in [1.29, 1.82) is 0 Å². The Kier molecular flexibility index (Phi) is 5.25. The molecule has 1 N–H and O–H groups in total. The van der Waals surface area contributed by atoms with Crippen LogP contribution in [-0.4, -0.2) is 40.3 Å². The topological polar surface area (TPSA) is 50.2 Å². The zero-order valence-corrected chi connectivity index (χ0v) is 12.5. The lowest BCUT2D eigenvalue weighted by Crippen LogP contribution is -2.38. The number of aromatic nitrogens is 2. The second-order valence-corrected chi connectivity index (χ2v) is 5.08. The van der Waals surface area contributed by atoms with Gasteiger partial charge in [-0.3, -0.25) is 0 Å². The van der Waals surface area contributed by atoms with E-state index >= 15 is 0 Å². The van der Waals surface area contributed by atoms with Crippen LogP contribution in [-0.2, 0) is 6.54 Å². The van der Waals surface area contributed by atoms with Crippen LogP contribution in [0.15, 0.2) is 43.0 Å². The van der Waals surface area contributed by atoms with Gasteiger partial charge in [0.1, 0.15) is 0 Å². The van der Waals surface area contributed by atoms with Gasteiger partial charge in [-0.1, -0.05) is 12.1 Å². The maximum Gasteiger partial charge on any atom is 0.390 e. The number of rotatable bonds is 5. The molecule has 5 nitrogen and oxygen atoms in total.